The summed E-state index contributed by atoms with van der Waals surface area (Å²) in [5, 5.41) is 25.5. The number of nitrogens with one attached hydrogen (secondary N) is 1. The first-order valence-corrected chi connectivity index (χ1v) is 18.0. The third kappa shape index (κ3) is 6.32. The average molecular weight is 626 g/mol. The van der Waals surface area contributed by atoms with E-state index in [-0.39, 0.29) is 46.6 Å². The third-order valence-corrected chi connectivity index (χ3v) is 13.2. The quantitative estimate of drug-likeness (QED) is 0.164. The molecule has 0 aromatic heterocycles. The van der Waals surface area contributed by atoms with Crippen LogP contribution in [0.4, 0.5) is 0 Å². The van der Waals surface area contributed by atoms with Crippen molar-refractivity contribution in [2.45, 2.75) is 125 Å². The Morgan fingerprint density at radius 1 is 1.07 bits per heavy atom. The number of aliphatic hydroxyl groups is 2. The summed E-state index contributed by atoms with van der Waals surface area (Å²) in [4.78, 5) is 26.2. The van der Waals surface area contributed by atoms with Crippen molar-refractivity contribution in [3.8, 4) is 0 Å². The Kier molecular flexibility index (Phi) is 9.89. The molecule has 0 saturated heterocycles. The van der Waals surface area contributed by atoms with Gasteiger partial charge < -0.3 is 20.3 Å². The van der Waals surface area contributed by atoms with Gasteiger partial charge >= 0.3 is 5.97 Å². The molecule has 43 heavy (non-hydrogen) atoms. The van der Waals surface area contributed by atoms with E-state index in [0.29, 0.717) is 36.7 Å². The van der Waals surface area contributed by atoms with E-state index in [4.69, 9.17) is 4.74 Å². The molecule has 0 spiro atoms. The lowest BCUT2D eigenvalue weighted by atomic mass is 9.36. The second kappa shape index (κ2) is 12.4. The van der Waals surface area contributed by atoms with E-state index in [1.54, 1.807) is 0 Å². The minimum absolute atomic E-state index is 0.000237. The number of esters is 1. The van der Waals surface area contributed by atoms with Crippen molar-refractivity contribution in [1.29, 1.82) is 0 Å². The van der Waals surface area contributed by atoms with Gasteiger partial charge in [0.15, 0.2) is 0 Å². The number of hydrogen-bond acceptors (Lipinski definition) is 7. The molecule has 4 fully saturated rings. The van der Waals surface area contributed by atoms with E-state index in [2.05, 4.69) is 46.9 Å². The van der Waals surface area contributed by atoms with Crippen molar-refractivity contribution in [3.05, 3.63) is 11.1 Å². The molecule has 0 aromatic rings. The summed E-state index contributed by atoms with van der Waals surface area (Å²) in [6, 6.07) is 0. The third-order valence-electron chi connectivity index (χ3n) is 12.5. The molecule has 0 aromatic carbocycles. The molecule has 4 aliphatic rings. The fourth-order valence-corrected chi connectivity index (χ4v) is 10.7. The van der Waals surface area contributed by atoms with Crippen molar-refractivity contribution < 1.29 is 37.5 Å². The molecule has 10 atom stereocenters. The lowest BCUT2D eigenvalue weighted by Gasteiger charge is -2.69. The van der Waals surface area contributed by atoms with Crippen molar-refractivity contribution in [1.82, 2.24) is 5.32 Å². The standard InChI is InChI=1S/C33H55NO8S/c1-19(2)9-8-10-22(30(38)34-15-16-43(39,40)41)28-24-17-26(37)29-31(5)13-12-25(36)20(3)23(31)11-14-32(29,6)33(24,7)18-27(28)42-21(4)35/h19-20,23-27,29,36-37H,8-18H2,1-7H3,(H,34,38)(H,39,40,41)/b28-22-/t20-,23-,24-,25+,26+,27-,29-,31-,32-,33-/m0/s1. The van der Waals surface area contributed by atoms with Gasteiger partial charge in [-0.25, -0.2) is 0 Å². The van der Waals surface area contributed by atoms with Gasteiger partial charge in [-0.15, -0.1) is 0 Å². The van der Waals surface area contributed by atoms with Crippen LogP contribution >= 0.6 is 0 Å². The molecule has 0 heterocycles. The molecule has 10 heteroatoms. The summed E-state index contributed by atoms with van der Waals surface area (Å²) in [6.45, 7) is 14.4. The summed E-state index contributed by atoms with van der Waals surface area (Å²) < 4.78 is 37.9. The fraction of sp³-hybridized carbons (Fsp3) is 0.879. The molecule has 9 nitrogen and oxygen atoms in total. The summed E-state index contributed by atoms with van der Waals surface area (Å²) in [5.41, 5.74) is 0.476. The molecule has 0 unspecified atom stereocenters. The van der Waals surface area contributed by atoms with Gasteiger partial charge in [0.25, 0.3) is 10.1 Å². The lowest BCUT2D eigenvalue weighted by Crippen LogP contribution is -2.65. The SMILES string of the molecule is CC(=O)O[C@H]1C[C@@]2(C)[C@@H](C[C@@H](O)[C@H]3[C@@]4(C)CC[C@@H](O)[C@@H](C)[C@@H]4CC[C@@]32C)/C1=C(\CCCC(C)C)C(=O)NCCS(=O)(=O)O. The van der Waals surface area contributed by atoms with Gasteiger partial charge in [0, 0.05) is 19.0 Å². The smallest absolute Gasteiger partial charge is 0.303 e. The van der Waals surface area contributed by atoms with Crippen molar-refractivity contribution in [2.24, 2.45) is 45.8 Å². The molecule has 4 aliphatic carbocycles. The van der Waals surface area contributed by atoms with E-state index in [1.165, 1.54) is 6.92 Å². The molecule has 4 rings (SSSR count). The summed E-state index contributed by atoms with van der Waals surface area (Å²) in [6.07, 6.45) is 4.92. The van der Waals surface area contributed by atoms with Crippen LogP contribution in [-0.2, 0) is 24.4 Å². The molecular formula is C33H55NO8S. The Balaban J connectivity index is 1.80. The van der Waals surface area contributed by atoms with Gasteiger partial charge in [0.1, 0.15) is 6.10 Å². The van der Waals surface area contributed by atoms with Crippen LogP contribution in [0.3, 0.4) is 0 Å². The Morgan fingerprint density at radius 2 is 1.74 bits per heavy atom. The maximum absolute atomic E-state index is 13.8. The topological polar surface area (TPSA) is 150 Å². The van der Waals surface area contributed by atoms with Gasteiger partial charge in [-0.3, -0.25) is 14.1 Å². The molecule has 4 N–H and O–H groups in total. The highest BCUT2D eigenvalue weighted by Gasteiger charge is 2.70. The van der Waals surface area contributed by atoms with Gasteiger partial charge in [-0.1, -0.05) is 48.0 Å². The number of hydrogen-bond donors (Lipinski definition) is 4. The van der Waals surface area contributed by atoms with E-state index in [9.17, 15) is 32.8 Å². The van der Waals surface area contributed by atoms with Crippen LogP contribution in [0.2, 0.25) is 0 Å². The molecule has 0 radical (unpaired) electrons. The van der Waals surface area contributed by atoms with E-state index >= 15 is 0 Å². The zero-order valence-corrected chi connectivity index (χ0v) is 28.0. The first-order chi connectivity index (χ1) is 19.9. The molecule has 4 saturated carbocycles. The van der Waals surface area contributed by atoms with Crippen LogP contribution in [0.5, 0.6) is 0 Å². The molecule has 0 bridgehead atoms. The highest BCUT2D eigenvalue weighted by Crippen LogP contribution is 2.74. The van der Waals surface area contributed by atoms with Crippen molar-refractivity contribution >= 4 is 22.0 Å². The molecular weight excluding hydrogens is 570 g/mol. The van der Waals surface area contributed by atoms with Gasteiger partial charge in [-0.2, -0.15) is 8.42 Å². The number of amides is 1. The first kappa shape index (κ1) is 34.4. The van der Waals surface area contributed by atoms with Crippen LogP contribution < -0.4 is 5.32 Å². The predicted octanol–water partition coefficient (Wildman–Crippen LogP) is 4.67. The second-order valence-electron chi connectivity index (χ2n) is 15.3. The van der Waals surface area contributed by atoms with Crippen LogP contribution in [0, 0.1) is 45.8 Å². The fourth-order valence-electron chi connectivity index (χ4n) is 10.4. The first-order valence-electron chi connectivity index (χ1n) is 16.4. The lowest BCUT2D eigenvalue weighted by molar-refractivity contribution is -0.234. The molecule has 0 aliphatic heterocycles. The Bertz CT molecular complexity index is 1220. The van der Waals surface area contributed by atoms with Gasteiger partial charge in [0.05, 0.1) is 18.0 Å². The highest BCUT2D eigenvalue weighted by atomic mass is 32.2. The van der Waals surface area contributed by atoms with Crippen LogP contribution in [-0.4, -0.2) is 65.7 Å². The largest absolute Gasteiger partial charge is 0.458 e. The minimum atomic E-state index is -4.25. The van der Waals surface area contributed by atoms with E-state index in [0.717, 1.165) is 44.1 Å². The predicted molar refractivity (Wildman–Crippen MR) is 164 cm³/mol. The van der Waals surface area contributed by atoms with Crippen molar-refractivity contribution in [2.75, 3.05) is 12.3 Å². The zero-order valence-electron chi connectivity index (χ0n) is 27.2. The Labute approximate surface area is 258 Å². The molecule has 1 amide bonds. The monoisotopic (exact) mass is 625 g/mol. The van der Waals surface area contributed by atoms with Gasteiger partial charge in [0.2, 0.25) is 5.91 Å². The Hall–Kier alpha value is -1.49. The van der Waals surface area contributed by atoms with E-state index in [1.807, 2.05) is 0 Å². The van der Waals surface area contributed by atoms with Crippen LogP contribution in [0.1, 0.15) is 106 Å². The molecule has 246 valence electrons. The number of fused-ring (bicyclic) bond motifs is 5. The Morgan fingerprint density at radius 3 is 2.35 bits per heavy atom. The summed E-state index contributed by atoms with van der Waals surface area (Å²) >= 11 is 0. The average Bonchev–Trinajstić information content (AvgIpc) is 3.14. The van der Waals surface area contributed by atoms with Gasteiger partial charge in [-0.05, 0) is 103 Å². The zero-order chi connectivity index (χ0) is 32.1. The number of ether oxygens (including phenoxy) is 1. The number of aliphatic hydroxyl groups excluding tert-OH is 2. The van der Waals surface area contributed by atoms with E-state index < -0.39 is 40.0 Å². The number of carbonyl (C=O) groups excluding carboxylic acids is 2. The minimum Gasteiger partial charge on any atom is -0.458 e. The number of rotatable bonds is 9. The maximum Gasteiger partial charge on any atom is 0.303 e. The number of carbonyl (C=O) groups is 2. The maximum atomic E-state index is 13.8. The normalized spacial score (nSPS) is 42.1. The van der Waals surface area contributed by atoms with Crippen LogP contribution in [0.15, 0.2) is 11.1 Å². The highest BCUT2D eigenvalue weighted by molar-refractivity contribution is 7.85. The van der Waals surface area contributed by atoms with Crippen molar-refractivity contribution in [3.63, 3.8) is 0 Å². The summed E-state index contributed by atoms with van der Waals surface area (Å²) in [5.74, 6) is -0.718. The second-order valence-corrected chi connectivity index (χ2v) is 16.9. The van der Waals surface area contributed by atoms with Crippen LogP contribution in [0.25, 0.3) is 0 Å². The summed E-state index contributed by atoms with van der Waals surface area (Å²) in [7, 11) is -4.25.